The molecule has 1 aliphatic carbocycles. The molecule has 168 valence electrons. The van der Waals surface area contributed by atoms with Gasteiger partial charge in [-0.15, -0.1) is 0 Å². The molecule has 0 radical (unpaired) electrons. The lowest BCUT2D eigenvalue weighted by Gasteiger charge is -2.39. The van der Waals surface area contributed by atoms with E-state index in [0.717, 1.165) is 11.3 Å². The van der Waals surface area contributed by atoms with Gasteiger partial charge in [-0.05, 0) is 36.5 Å². The number of carbonyl (C=O) groups excluding carboxylic acids is 2. The molecule has 0 saturated heterocycles. The Morgan fingerprint density at radius 2 is 1.81 bits per heavy atom. The summed E-state index contributed by atoms with van der Waals surface area (Å²) in [6.07, 6.45) is 1.09. The van der Waals surface area contributed by atoms with Crippen LogP contribution < -0.4 is 9.47 Å². The van der Waals surface area contributed by atoms with Crippen molar-refractivity contribution in [2.75, 3.05) is 34.5 Å². The minimum absolute atomic E-state index is 0.0250. The predicted molar refractivity (Wildman–Crippen MR) is 117 cm³/mol. The van der Waals surface area contributed by atoms with Crippen molar-refractivity contribution in [2.24, 2.45) is 16.3 Å². The SMILES string of the molecule is COCCOC(=O)C1C(C)=NC2=C(C(=O)CC(C)(C)C2)[C@@H]1c1ccc(OC)c(OC)c1. The molecule has 1 aromatic carbocycles. The Labute approximate surface area is 183 Å². The van der Waals surface area contributed by atoms with E-state index >= 15 is 0 Å². The molecule has 1 unspecified atom stereocenters. The zero-order valence-corrected chi connectivity index (χ0v) is 19.1. The molecule has 0 fully saturated rings. The van der Waals surface area contributed by atoms with Crippen LogP contribution in [0.4, 0.5) is 0 Å². The van der Waals surface area contributed by atoms with E-state index in [4.69, 9.17) is 23.9 Å². The summed E-state index contributed by atoms with van der Waals surface area (Å²) in [5, 5.41) is 0. The number of hydrogen-bond donors (Lipinski definition) is 0. The number of ketones is 1. The highest BCUT2D eigenvalue weighted by atomic mass is 16.6. The van der Waals surface area contributed by atoms with Gasteiger partial charge in [-0.25, -0.2) is 0 Å². The minimum atomic E-state index is -0.695. The Balaban J connectivity index is 2.12. The summed E-state index contributed by atoms with van der Waals surface area (Å²) in [6.45, 7) is 6.40. The van der Waals surface area contributed by atoms with Gasteiger partial charge >= 0.3 is 5.97 Å². The first-order valence-corrected chi connectivity index (χ1v) is 10.4. The van der Waals surface area contributed by atoms with E-state index in [1.165, 1.54) is 0 Å². The van der Waals surface area contributed by atoms with Gasteiger partial charge in [0.25, 0.3) is 0 Å². The maximum Gasteiger partial charge on any atom is 0.315 e. The lowest BCUT2D eigenvalue weighted by Crippen LogP contribution is -2.39. The number of benzene rings is 1. The number of aliphatic imine (C=N–C) groups is 1. The molecule has 0 N–H and O–H groups in total. The molecule has 2 atom stereocenters. The van der Waals surface area contributed by atoms with Crippen molar-refractivity contribution in [1.82, 2.24) is 0 Å². The number of allylic oxidation sites excluding steroid dienone is 2. The minimum Gasteiger partial charge on any atom is -0.493 e. The molecule has 1 aromatic rings. The van der Waals surface area contributed by atoms with Crippen molar-refractivity contribution in [1.29, 1.82) is 0 Å². The average molecular weight is 430 g/mol. The highest BCUT2D eigenvalue weighted by molar-refractivity contribution is 6.09. The third kappa shape index (κ3) is 4.66. The molecule has 0 spiro atoms. The largest absolute Gasteiger partial charge is 0.493 e. The third-order valence-corrected chi connectivity index (χ3v) is 5.85. The predicted octanol–water partition coefficient (Wildman–Crippen LogP) is 3.71. The highest BCUT2D eigenvalue weighted by Crippen LogP contribution is 2.48. The highest BCUT2D eigenvalue weighted by Gasteiger charge is 2.46. The lowest BCUT2D eigenvalue weighted by molar-refractivity contribution is -0.147. The van der Waals surface area contributed by atoms with E-state index in [1.807, 2.05) is 19.1 Å². The molecular weight excluding hydrogens is 398 g/mol. The topological polar surface area (TPSA) is 83.4 Å². The number of methoxy groups -OCH3 is 3. The van der Waals surface area contributed by atoms with E-state index in [1.54, 1.807) is 27.4 Å². The van der Waals surface area contributed by atoms with Crippen LogP contribution in [0.25, 0.3) is 0 Å². The molecule has 1 aliphatic heterocycles. The van der Waals surface area contributed by atoms with Crippen LogP contribution in [0, 0.1) is 11.3 Å². The fourth-order valence-corrected chi connectivity index (χ4v) is 4.47. The standard InChI is InChI=1S/C24H31NO6/c1-14-20(23(27)31-10-9-28-4)21(15-7-8-18(29-5)19(11-15)30-6)22-16(25-14)12-24(2,3)13-17(22)26/h7-8,11,20-21H,9-10,12-13H2,1-6H3/t20?,21-/m1/s1. The van der Waals surface area contributed by atoms with Gasteiger partial charge in [0.2, 0.25) is 0 Å². The Morgan fingerprint density at radius 3 is 2.45 bits per heavy atom. The second kappa shape index (κ2) is 9.22. The van der Waals surface area contributed by atoms with Crippen molar-refractivity contribution in [3.05, 3.63) is 35.0 Å². The van der Waals surface area contributed by atoms with Gasteiger partial charge in [0.15, 0.2) is 17.3 Å². The summed E-state index contributed by atoms with van der Waals surface area (Å²) in [4.78, 5) is 31.1. The van der Waals surface area contributed by atoms with Crippen molar-refractivity contribution >= 4 is 17.5 Å². The van der Waals surface area contributed by atoms with Crippen LogP contribution in [0.1, 0.15) is 45.1 Å². The van der Waals surface area contributed by atoms with Crippen LogP contribution >= 0.6 is 0 Å². The van der Waals surface area contributed by atoms with Crippen LogP contribution in [0.15, 0.2) is 34.5 Å². The summed E-state index contributed by atoms with van der Waals surface area (Å²) in [6, 6.07) is 5.49. The van der Waals surface area contributed by atoms with Crippen LogP contribution in [0.3, 0.4) is 0 Å². The van der Waals surface area contributed by atoms with Crippen LogP contribution in [0.5, 0.6) is 11.5 Å². The maximum absolute atomic E-state index is 13.3. The molecule has 0 saturated carbocycles. The van der Waals surface area contributed by atoms with Gasteiger partial charge in [0.05, 0.1) is 20.8 Å². The summed E-state index contributed by atoms with van der Waals surface area (Å²) >= 11 is 0. The summed E-state index contributed by atoms with van der Waals surface area (Å²) in [5.41, 5.74) is 2.63. The summed E-state index contributed by atoms with van der Waals surface area (Å²) in [5.74, 6) is -0.460. The first-order chi connectivity index (χ1) is 14.7. The normalized spacial score (nSPS) is 22.5. The zero-order chi connectivity index (χ0) is 22.8. The number of ether oxygens (including phenoxy) is 4. The third-order valence-electron chi connectivity index (χ3n) is 5.85. The van der Waals surface area contributed by atoms with Crippen molar-refractivity contribution in [3.8, 4) is 11.5 Å². The zero-order valence-electron chi connectivity index (χ0n) is 19.1. The Bertz CT molecular complexity index is 930. The second-order valence-electron chi connectivity index (χ2n) is 8.78. The van der Waals surface area contributed by atoms with E-state index in [0.29, 0.717) is 42.2 Å². The Kier molecular flexibility index (Phi) is 6.84. The van der Waals surface area contributed by atoms with Crippen molar-refractivity contribution in [3.63, 3.8) is 0 Å². The van der Waals surface area contributed by atoms with Crippen molar-refractivity contribution < 1.29 is 28.5 Å². The van der Waals surface area contributed by atoms with Crippen LogP contribution in [-0.2, 0) is 19.1 Å². The molecule has 7 heteroatoms. The van der Waals surface area contributed by atoms with E-state index in [2.05, 4.69) is 13.8 Å². The molecule has 1 heterocycles. The smallest absolute Gasteiger partial charge is 0.315 e. The molecular formula is C24H31NO6. The van der Waals surface area contributed by atoms with Crippen LogP contribution in [-0.4, -0.2) is 52.0 Å². The molecule has 0 amide bonds. The number of rotatable bonds is 7. The summed E-state index contributed by atoms with van der Waals surface area (Å²) in [7, 11) is 4.68. The quantitative estimate of drug-likeness (QED) is 0.485. The number of Topliss-reactive ketones (excluding diaryl/α,β-unsaturated/α-hetero) is 1. The van der Waals surface area contributed by atoms with Gasteiger partial charge in [-0.2, -0.15) is 0 Å². The van der Waals surface area contributed by atoms with Crippen LogP contribution in [0.2, 0.25) is 0 Å². The average Bonchev–Trinajstić information content (AvgIpc) is 2.71. The molecule has 3 rings (SSSR count). The molecule has 7 nitrogen and oxygen atoms in total. The van der Waals surface area contributed by atoms with Gasteiger partial charge in [-0.1, -0.05) is 19.9 Å². The second-order valence-corrected chi connectivity index (χ2v) is 8.78. The molecule has 0 bridgehead atoms. The van der Waals surface area contributed by atoms with E-state index in [-0.39, 0.29) is 17.8 Å². The van der Waals surface area contributed by atoms with Gasteiger partial charge in [-0.3, -0.25) is 14.6 Å². The lowest BCUT2D eigenvalue weighted by atomic mass is 9.67. The number of esters is 1. The van der Waals surface area contributed by atoms with Crippen molar-refractivity contribution in [2.45, 2.75) is 39.5 Å². The molecule has 2 aliphatic rings. The first-order valence-electron chi connectivity index (χ1n) is 10.4. The molecule has 0 aromatic heterocycles. The molecule has 31 heavy (non-hydrogen) atoms. The van der Waals surface area contributed by atoms with Gasteiger partial charge in [0, 0.05) is 36.4 Å². The fourth-order valence-electron chi connectivity index (χ4n) is 4.47. The van der Waals surface area contributed by atoms with Gasteiger partial charge < -0.3 is 18.9 Å². The van der Waals surface area contributed by atoms with Gasteiger partial charge in [0.1, 0.15) is 12.5 Å². The maximum atomic E-state index is 13.3. The Morgan fingerprint density at radius 1 is 1.10 bits per heavy atom. The number of nitrogens with zero attached hydrogens (tertiary/aromatic N) is 1. The Hall–Kier alpha value is -2.67. The number of hydrogen-bond acceptors (Lipinski definition) is 7. The first kappa shape index (κ1) is 23.0. The number of carbonyl (C=O) groups is 2. The summed E-state index contributed by atoms with van der Waals surface area (Å²) < 4.78 is 21.3. The fraction of sp³-hybridized carbons (Fsp3) is 0.542. The monoisotopic (exact) mass is 429 g/mol. The van der Waals surface area contributed by atoms with E-state index < -0.39 is 17.8 Å². The van der Waals surface area contributed by atoms with E-state index in [9.17, 15) is 9.59 Å².